The molecule has 1 N–H and O–H groups in total. The molecule has 3 heterocycles. The highest BCUT2D eigenvalue weighted by atomic mass is 19.2. The van der Waals surface area contributed by atoms with Crippen molar-refractivity contribution in [2.24, 2.45) is 0 Å². The Bertz CT molecular complexity index is 1380. The van der Waals surface area contributed by atoms with E-state index in [4.69, 9.17) is 4.98 Å². The first kappa shape index (κ1) is 21.1. The number of hydrogen-bond donors (Lipinski definition) is 1. The van der Waals surface area contributed by atoms with Gasteiger partial charge in [0.05, 0.1) is 16.8 Å². The van der Waals surface area contributed by atoms with Gasteiger partial charge in [-0.25, -0.2) is 13.2 Å². The number of benzene rings is 2. The number of nitrogens with zero attached hydrogens (tertiary/aromatic N) is 3. The van der Waals surface area contributed by atoms with Crippen molar-refractivity contribution in [3.63, 3.8) is 0 Å². The molecular weight excluding hydrogens is 429 g/mol. The predicted octanol–water partition coefficient (Wildman–Crippen LogP) is 4.86. The predicted molar refractivity (Wildman–Crippen MR) is 118 cm³/mol. The first-order valence-electron chi connectivity index (χ1n) is 10.5. The summed E-state index contributed by atoms with van der Waals surface area (Å²) in [5.41, 5.74) is 3.11. The van der Waals surface area contributed by atoms with Crippen molar-refractivity contribution in [2.45, 2.75) is 19.5 Å². The van der Waals surface area contributed by atoms with Crippen LogP contribution in [0.4, 0.5) is 18.9 Å². The van der Waals surface area contributed by atoms with E-state index in [1.165, 1.54) is 12.1 Å². The number of nitrogens with one attached hydrogen (secondary N) is 1. The Kier molecular flexibility index (Phi) is 5.51. The van der Waals surface area contributed by atoms with Crippen LogP contribution in [0.5, 0.6) is 0 Å². The molecule has 1 aliphatic rings. The van der Waals surface area contributed by atoms with Crippen molar-refractivity contribution in [1.29, 1.82) is 0 Å². The van der Waals surface area contributed by atoms with E-state index < -0.39 is 17.5 Å². The van der Waals surface area contributed by atoms with Gasteiger partial charge in [0.15, 0.2) is 11.6 Å². The summed E-state index contributed by atoms with van der Waals surface area (Å²) < 4.78 is 41.1. The third kappa shape index (κ3) is 4.17. The largest absolute Gasteiger partial charge is 0.322 e. The summed E-state index contributed by atoms with van der Waals surface area (Å²) >= 11 is 0. The molecule has 0 bridgehead atoms. The van der Waals surface area contributed by atoms with Gasteiger partial charge in [-0.2, -0.15) is 0 Å². The minimum absolute atomic E-state index is 0.150. The standard InChI is InChI=1S/C25H19F3N4O/c26-18-8-7-15(12-20(18)28)30-25(33)24-16-4-1-2-6-21(16)31-22-9-11-32(13-17(22)24)14-23-19(27)5-3-10-29-23/h1-8,10,12H,9,11,13-14H2,(H,30,33). The Hall–Kier alpha value is -3.78. The lowest BCUT2D eigenvalue weighted by Gasteiger charge is -2.30. The molecule has 0 fully saturated rings. The van der Waals surface area contributed by atoms with Crippen molar-refractivity contribution >= 4 is 22.5 Å². The average molecular weight is 448 g/mol. The Morgan fingerprint density at radius 1 is 1.00 bits per heavy atom. The molecule has 5 nitrogen and oxygen atoms in total. The van der Waals surface area contributed by atoms with Gasteiger partial charge in [0, 0.05) is 60.6 Å². The van der Waals surface area contributed by atoms with Gasteiger partial charge in [0.1, 0.15) is 5.82 Å². The van der Waals surface area contributed by atoms with E-state index in [0.717, 1.165) is 23.4 Å². The highest BCUT2D eigenvalue weighted by Gasteiger charge is 2.26. The number of rotatable bonds is 4. The molecule has 166 valence electrons. The fraction of sp³-hybridized carbons (Fsp3) is 0.160. The van der Waals surface area contributed by atoms with Gasteiger partial charge in [0.2, 0.25) is 0 Å². The molecule has 8 heteroatoms. The summed E-state index contributed by atoms with van der Waals surface area (Å²) in [6.45, 7) is 1.31. The first-order chi connectivity index (χ1) is 16.0. The number of pyridine rings is 2. The molecule has 0 spiro atoms. The molecule has 1 amide bonds. The fourth-order valence-electron chi connectivity index (χ4n) is 4.15. The van der Waals surface area contributed by atoms with E-state index >= 15 is 0 Å². The van der Waals surface area contributed by atoms with E-state index in [-0.39, 0.29) is 11.5 Å². The molecule has 5 rings (SSSR count). The van der Waals surface area contributed by atoms with Gasteiger partial charge in [-0.1, -0.05) is 18.2 Å². The van der Waals surface area contributed by atoms with Gasteiger partial charge >= 0.3 is 0 Å². The normalized spacial score (nSPS) is 13.7. The van der Waals surface area contributed by atoms with Crippen molar-refractivity contribution < 1.29 is 18.0 Å². The second-order valence-electron chi connectivity index (χ2n) is 7.90. The quantitative estimate of drug-likeness (QED) is 0.485. The second kappa shape index (κ2) is 8.63. The maximum Gasteiger partial charge on any atom is 0.256 e. The molecule has 33 heavy (non-hydrogen) atoms. The zero-order chi connectivity index (χ0) is 22.9. The number of anilines is 1. The molecule has 1 aliphatic heterocycles. The van der Waals surface area contributed by atoms with E-state index in [1.807, 2.05) is 23.1 Å². The van der Waals surface area contributed by atoms with Gasteiger partial charge in [0.25, 0.3) is 5.91 Å². The molecule has 0 saturated heterocycles. The van der Waals surface area contributed by atoms with Crippen molar-refractivity contribution in [2.75, 3.05) is 11.9 Å². The van der Waals surface area contributed by atoms with Crippen LogP contribution in [-0.2, 0) is 19.5 Å². The Labute approximate surface area is 187 Å². The molecule has 2 aromatic carbocycles. The lowest BCUT2D eigenvalue weighted by atomic mass is 9.95. The van der Waals surface area contributed by atoms with Crippen molar-refractivity contribution in [1.82, 2.24) is 14.9 Å². The van der Waals surface area contributed by atoms with Crippen LogP contribution in [0.15, 0.2) is 60.8 Å². The molecule has 0 aliphatic carbocycles. The number of fused-ring (bicyclic) bond motifs is 2. The average Bonchev–Trinajstić information content (AvgIpc) is 2.81. The SMILES string of the molecule is O=C(Nc1ccc(F)c(F)c1)c1c2c(nc3ccccc13)CCN(Cc1ncccc1F)C2. The van der Waals surface area contributed by atoms with Gasteiger partial charge in [-0.05, 0) is 30.3 Å². The third-order valence-corrected chi connectivity index (χ3v) is 5.74. The topological polar surface area (TPSA) is 58.1 Å². The summed E-state index contributed by atoms with van der Waals surface area (Å²) in [5.74, 6) is -2.85. The summed E-state index contributed by atoms with van der Waals surface area (Å²) in [6.07, 6.45) is 2.13. The molecule has 0 radical (unpaired) electrons. The maximum atomic E-state index is 14.1. The number of halogens is 3. The highest BCUT2D eigenvalue weighted by Crippen LogP contribution is 2.30. The number of carbonyl (C=O) groups excluding carboxylic acids is 1. The first-order valence-corrected chi connectivity index (χ1v) is 10.5. The molecule has 4 aromatic rings. The second-order valence-corrected chi connectivity index (χ2v) is 7.90. The third-order valence-electron chi connectivity index (χ3n) is 5.74. The van der Waals surface area contributed by atoms with E-state index in [1.54, 1.807) is 18.3 Å². The van der Waals surface area contributed by atoms with Crippen LogP contribution in [0.2, 0.25) is 0 Å². The van der Waals surface area contributed by atoms with Crippen LogP contribution in [-0.4, -0.2) is 27.3 Å². The zero-order valence-electron chi connectivity index (χ0n) is 17.5. The monoisotopic (exact) mass is 448 g/mol. The van der Waals surface area contributed by atoms with Crippen LogP contribution in [0, 0.1) is 17.5 Å². The van der Waals surface area contributed by atoms with Gasteiger partial charge < -0.3 is 5.32 Å². The van der Waals surface area contributed by atoms with E-state index in [2.05, 4.69) is 10.3 Å². The Morgan fingerprint density at radius 2 is 1.85 bits per heavy atom. The molecular formula is C25H19F3N4O. The summed E-state index contributed by atoms with van der Waals surface area (Å²) in [4.78, 5) is 24.3. The maximum absolute atomic E-state index is 14.1. The number of hydrogen-bond acceptors (Lipinski definition) is 4. The summed E-state index contributed by atoms with van der Waals surface area (Å²) in [6, 6.07) is 13.4. The van der Waals surface area contributed by atoms with Crippen LogP contribution in [0.1, 0.15) is 27.3 Å². The summed E-state index contributed by atoms with van der Waals surface area (Å²) in [5, 5.41) is 3.33. The number of aromatic nitrogens is 2. The van der Waals surface area contributed by atoms with Gasteiger partial charge in [-0.3, -0.25) is 19.7 Å². The van der Waals surface area contributed by atoms with Crippen LogP contribution in [0.25, 0.3) is 10.9 Å². The number of carbonyl (C=O) groups is 1. The lowest BCUT2D eigenvalue weighted by Crippen LogP contribution is -2.33. The smallest absolute Gasteiger partial charge is 0.256 e. The highest BCUT2D eigenvalue weighted by molar-refractivity contribution is 6.13. The van der Waals surface area contributed by atoms with Crippen LogP contribution < -0.4 is 5.32 Å². The number of para-hydroxylation sites is 1. The van der Waals surface area contributed by atoms with Gasteiger partial charge in [-0.15, -0.1) is 0 Å². The summed E-state index contributed by atoms with van der Waals surface area (Å²) in [7, 11) is 0. The Morgan fingerprint density at radius 3 is 2.67 bits per heavy atom. The van der Waals surface area contributed by atoms with E-state index in [9.17, 15) is 18.0 Å². The van der Waals surface area contributed by atoms with E-state index in [0.29, 0.717) is 48.2 Å². The van der Waals surface area contributed by atoms with Crippen molar-refractivity contribution in [3.8, 4) is 0 Å². The lowest BCUT2D eigenvalue weighted by molar-refractivity contribution is 0.102. The minimum Gasteiger partial charge on any atom is -0.322 e. The van der Waals surface area contributed by atoms with Crippen LogP contribution in [0.3, 0.4) is 0 Å². The van der Waals surface area contributed by atoms with Crippen LogP contribution >= 0.6 is 0 Å². The fourth-order valence-corrected chi connectivity index (χ4v) is 4.15. The molecule has 0 saturated carbocycles. The molecule has 0 atom stereocenters. The molecule has 2 aromatic heterocycles. The molecule has 0 unspecified atom stereocenters. The Balaban J connectivity index is 1.53. The zero-order valence-corrected chi connectivity index (χ0v) is 17.5. The van der Waals surface area contributed by atoms with Crippen molar-refractivity contribution in [3.05, 3.63) is 101 Å². The minimum atomic E-state index is -1.04. The number of amides is 1.